The van der Waals surface area contributed by atoms with Crippen molar-refractivity contribution in [1.29, 1.82) is 10.5 Å². The molecule has 222 valence electrons. The van der Waals surface area contributed by atoms with Crippen LogP contribution >= 0.6 is 0 Å². The fourth-order valence-corrected chi connectivity index (χ4v) is 7.28. The summed E-state index contributed by atoms with van der Waals surface area (Å²) >= 11 is 0. The maximum atomic E-state index is 9.94. The molecule has 0 saturated heterocycles. The second kappa shape index (κ2) is 10.9. The van der Waals surface area contributed by atoms with Gasteiger partial charge in [0.25, 0.3) is 0 Å². The molecule has 0 spiro atoms. The van der Waals surface area contributed by atoms with E-state index in [-0.39, 0.29) is 0 Å². The predicted octanol–water partition coefficient (Wildman–Crippen LogP) is 11.0. The number of hydrogen-bond donors (Lipinski definition) is 0. The number of benzene rings is 7. The Morgan fingerprint density at radius 1 is 0.375 bits per heavy atom. The minimum absolute atomic E-state index is 0.610. The third-order valence-electron chi connectivity index (χ3n) is 9.40. The van der Waals surface area contributed by atoms with Gasteiger partial charge in [0.05, 0.1) is 51.0 Å². The summed E-state index contributed by atoms with van der Waals surface area (Å²) < 4.78 is 4.60. The smallest absolute Gasteiger partial charge is 0.0991 e. The van der Waals surface area contributed by atoms with Crippen LogP contribution < -0.4 is 0 Å². The van der Waals surface area contributed by atoms with Gasteiger partial charge in [-0.2, -0.15) is 10.5 Å². The van der Waals surface area contributed by atoms with Crippen molar-refractivity contribution in [3.8, 4) is 45.8 Å². The van der Waals surface area contributed by atoms with E-state index in [0.29, 0.717) is 11.1 Å². The van der Waals surface area contributed by atoms with E-state index in [1.807, 2.05) is 36.4 Å². The molecule has 0 aliphatic heterocycles. The summed E-state index contributed by atoms with van der Waals surface area (Å²) in [5.41, 5.74) is 11.9. The number of aromatic nitrogens is 2. The highest BCUT2D eigenvalue weighted by Crippen LogP contribution is 2.41. The molecule has 0 aliphatic rings. The van der Waals surface area contributed by atoms with Crippen LogP contribution in [0.1, 0.15) is 11.1 Å². The lowest BCUT2D eigenvalue weighted by Crippen LogP contribution is -1.98. The first kappa shape index (κ1) is 27.4. The van der Waals surface area contributed by atoms with Crippen molar-refractivity contribution >= 4 is 43.6 Å². The van der Waals surface area contributed by atoms with Crippen LogP contribution in [0.25, 0.3) is 77.2 Å². The monoisotopic (exact) mass is 610 g/mol. The summed E-state index contributed by atoms with van der Waals surface area (Å²) in [6.45, 7) is 0. The summed E-state index contributed by atoms with van der Waals surface area (Å²) in [6.07, 6.45) is 0. The molecular formula is C44H26N4. The third-order valence-corrected chi connectivity index (χ3v) is 9.40. The molecule has 0 saturated carbocycles. The van der Waals surface area contributed by atoms with E-state index in [1.165, 1.54) is 21.8 Å². The molecule has 48 heavy (non-hydrogen) atoms. The van der Waals surface area contributed by atoms with Crippen molar-refractivity contribution < 1.29 is 0 Å². The Labute approximate surface area is 277 Å². The number of nitriles is 2. The molecule has 0 fully saturated rings. The highest BCUT2D eigenvalue weighted by atomic mass is 15.0. The molecule has 4 nitrogen and oxygen atoms in total. The molecule has 0 atom stereocenters. The molecule has 0 radical (unpaired) electrons. The molecule has 0 unspecified atom stereocenters. The van der Waals surface area contributed by atoms with Crippen molar-refractivity contribution in [2.24, 2.45) is 0 Å². The lowest BCUT2D eigenvalue weighted by atomic mass is 9.92. The average molecular weight is 611 g/mol. The second-order valence-electron chi connectivity index (χ2n) is 12.0. The third kappa shape index (κ3) is 4.14. The van der Waals surface area contributed by atoms with Gasteiger partial charge in [0, 0.05) is 32.8 Å². The first-order valence-electron chi connectivity index (χ1n) is 15.9. The van der Waals surface area contributed by atoms with Gasteiger partial charge in [0.2, 0.25) is 0 Å². The Balaban J connectivity index is 1.24. The summed E-state index contributed by atoms with van der Waals surface area (Å²) in [7, 11) is 0. The Kier molecular flexibility index (Phi) is 6.22. The van der Waals surface area contributed by atoms with Gasteiger partial charge >= 0.3 is 0 Å². The van der Waals surface area contributed by atoms with Crippen LogP contribution in [0.5, 0.6) is 0 Å². The lowest BCUT2D eigenvalue weighted by molar-refractivity contribution is 1.18. The largest absolute Gasteiger partial charge is 0.309 e. The van der Waals surface area contributed by atoms with Crippen molar-refractivity contribution in [3.05, 3.63) is 169 Å². The standard InChI is InChI=1S/C44H26N4/c45-27-29-17-23-33(34-9-1-7-15-42(34)48-43-16-8-4-12-37(43)39-26-30(28-46)18-24-44(39)48)38(25-29)31-19-21-32(22-20-31)47-40-13-5-2-10-35(40)36-11-3-6-14-41(36)47/h1-26H. The number of rotatable bonds is 4. The van der Waals surface area contributed by atoms with Gasteiger partial charge in [0.15, 0.2) is 0 Å². The summed E-state index contributed by atoms with van der Waals surface area (Å²) in [6, 6.07) is 59.0. The van der Waals surface area contributed by atoms with E-state index in [4.69, 9.17) is 0 Å². The molecule has 0 aliphatic carbocycles. The normalized spacial score (nSPS) is 11.3. The molecule has 9 aromatic rings. The highest BCUT2D eigenvalue weighted by molar-refractivity contribution is 6.11. The predicted molar refractivity (Wildman–Crippen MR) is 195 cm³/mol. The maximum absolute atomic E-state index is 9.94. The first-order chi connectivity index (χ1) is 23.7. The Morgan fingerprint density at radius 2 is 0.896 bits per heavy atom. The molecule has 0 amide bonds. The van der Waals surface area contributed by atoms with E-state index in [9.17, 15) is 10.5 Å². The average Bonchev–Trinajstić information content (AvgIpc) is 3.67. The molecular weight excluding hydrogens is 585 g/mol. The van der Waals surface area contributed by atoms with E-state index in [1.54, 1.807) is 0 Å². The SMILES string of the molecule is N#Cc1ccc(-c2ccccc2-n2c3ccccc3c3cc(C#N)ccc32)c(-c2ccc(-n3c4ccccc4c4ccccc43)cc2)c1. The quantitative estimate of drug-likeness (QED) is 0.199. The van der Waals surface area contributed by atoms with Crippen LogP contribution in [0, 0.1) is 22.7 Å². The van der Waals surface area contributed by atoms with Crippen molar-refractivity contribution in [2.45, 2.75) is 0 Å². The number of fused-ring (bicyclic) bond motifs is 6. The molecule has 7 aromatic carbocycles. The topological polar surface area (TPSA) is 57.4 Å². The highest BCUT2D eigenvalue weighted by Gasteiger charge is 2.19. The van der Waals surface area contributed by atoms with E-state index in [2.05, 4.69) is 143 Å². The molecule has 0 N–H and O–H groups in total. The number of para-hydroxylation sites is 4. The zero-order valence-corrected chi connectivity index (χ0v) is 25.8. The minimum Gasteiger partial charge on any atom is -0.309 e. The van der Waals surface area contributed by atoms with Crippen LogP contribution in [0.4, 0.5) is 0 Å². The van der Waals surface area contributed by atoms with Gasteiger partial charge in [-0.3, -0.25) is 0 Å². The van der Waals surface area contributed by atoms with E-state index in [0.717, 1.165) is 55.4 Å². The molecule has 2 aromatic heterocycles. The van der Waals surface area contributed by atoms with E-state index < -0.39 is 0 Å². The van der Waals surface area contributed by atoms with E-state index >= 15 is 0 Å². The van der Waals surface area contributed by atoms with Crippen molar-refractivity contribution in [1.82, 2.24) is 9.13 Å². The summed E-state index contributed by atoms with van der Waals surface area (Å²) in [4.78, 5) is 0. The molecule has 2 heterocycles. The van der Waals surface area contributed by atoms with Crippen LogP contribution in [-0.2, 0) is 0 Å². The fraction of sp³-hybridized carbons (Fsp3) is 0. The first-order valence-corrected chi connectivity index (χ1v) is 15.9. The van der Waals surface area contributed by atoms with Crippen LogP contribution in [0.15, 0.2) is 158 Å². The zero-order chi connectivity index (χ0) is 32.2. The van der Waals surface area contributed by atoms with Crippen LogP contribution in [0.2, 0.25) is 0 Å². The minimum atomic E-state index is 0.610. The van der Waals surface area contributed by atoms with Gasteiger partial charge in [-0.1, -0.05) is 91.0 Å². The zero-order valence-electron chi connectivity index (χ0n) is 25.8. The summed E-state index contributed by atoms with van der Waals surface area (Å²) in [5, 5.41) is 24.2. The van der Waals surface area contributed by atoms with Gasteiger partial charge in [-0.15, -0.1) is 0 Å². The van der Waals surface area contributed by atoms with Gasteiger partial charge in [0.1, 0.15) is 0 Å². The molecule has 0 bridgehead atoms. The lowest BCUT2D eigenvalue weighted by Gasteiger charge is -2.17. The summed E-state index contributed by atoms with van der Waals surface area (Å²) in [5.74, 6) is 0. The van der Waals surface area contributed by atoms with Gasteiger partial charge in [-0.25, -0.2) is 0 Å². The van der Waals surface area contributed by atoms with Crippen molar-refractivity contribution in [3.63, 3.8) is 0 Å². The Hall–Kier alpha value is -6.88. The second-order valence-corrected chi connectivity index (χ2v) is 12.0. The van der Waals surface area contributed by atoms with Gasteiger partial charge in [-0.05, 0) is 83.4 Å². The maximum Gasteiger partial charge on any atom is 0.0991 e. The fourth-order valence-electron chi connectivity index (χ4n) is 7.28. The molecule has 9 rings (SSSR count). The number of nitrogens with zero attached hydrogens (tertiary/aromatic N) is 4. The van der Waals surface area contributed by atoms with Crippen LogP contribution in [-0.4, -0.2) is 9.13 Å². The van der Waals surface area contributed by atoms with Crippen LogP contribution in [0.3, 0.4) is 0 Å². The van der Waals surface area contributed by atoms with Crippen molar-refractivity contribution in [2.75, 3.05) is 0 Å². The Bertz CT molecular complexity index is 2750. The Morgan fingerprint density at radius 3 is 1.56 bits per heavy atom. The molecule has 4 heteroatoms. The number of hydrogen-bond acceptors (Lipinski definition) is 2. The van der Waals surface area contributed by atoms with Gasteiger partial charge < -0.3 is 9.13 Å².